The molecule has 0 saturated heterocycles. The SMILES string of the molecule is COc1cccc(C(=O)O[C@@H](C)C(=O)Nc2cc([N+](=O)[O-])ccc2OC)c1. The Morgan fingerprint density at radius 3 is 2.48 bits per heavy atom. The summed E-state index contributed by atoms with van der Waals surface area (Å²) >= 11 is 0. The number of nitro groups is 1. The predicted molar refractivity (Wildman–Crippen MR) is 96.1 cm³/mol. The fraction of sp³-hybridized carbons (Fsp3) is 0.222. The second kappa shape index (κ2) is 8.65. The van der Waals surface area contributed by atoms with Gasteiger partial charge in [-0.1, -0.05) is 6.07 Å². The number of rotatable bonds is 7. The molecule has 0 bridgehead atoms. The van der Waals surface area contributed by atoms with Crippen molar-refractivity contribution in [3.05, 3.63) is 58.1 Å². The summed E-state index contributed by atoms with van der Waals surface area (Å²) in [4.78, 5) is 34.8. The molecule has 0 saturated carbocycles. The fourth-order valence-electron chi connectivity index (χ4n) is 2.17. The van der Waals surface area contributed by atoms with Gasteiger partial charge in [0.15, 0.2) is 6.10 Å². The number of non-ortho nitro benzene ring substituents is 1. The van der Waals surface area contributed by atoms with E-state index in [0.717, 1.165) is 6.07 Å². The summed E-state index contributed by atoms with van der Waals surface area (Å²) in [6, 6.07) is 10.1. The number of nitrogens with zero attached hydrogens (tertiary/aromatic N) is 1. The van der Waals surface area contributed by atoms with E-state index in [1.165, 1.54) is 45.4 Å². The molecule has 2 aromatic rings. The zero-order valence-corrected chi connectivity index (χ0v) is 14.9. The molecule has 0 aliphatic rings. The Balaban J connectivity index is 2.10. The average molecular weight is 374 g/mol. The number of hydrogen-bond acceptors (Lipinski definition) is 7. The van der Waals surface area contributed by atoms with Crippen LogP contribution in [0.25, 0.3) is 0 Å². The molecular formula is C18H18N2O7. The van der Waals surface area contributed by atoms with Gasteiger partial charge >= 0.3 is 5.97 Å². The van der Waals surface area contributed by atoms with E-state index in [-0.39, 0.29) is 22.7 Å². The molecule has 0 fully saturated rings. The molecule has 27 heavy (non-hydrogen) atoms. The number of anilines is 1. The monoisotopic (exact) mass is 374 g/mol. The van der Waals surface area contributed by atoms with Crippen molar-refractivity contribution in [1.29, 1.82) is 0 Å². The normalized spacial score (nSPS) is 11.2. The van der Waals surface area contributed by atoms with Gasteiger partial charge in [0.1, 0.15) is 11.5 Å². The fourth-order valence-corrected chi connectivity index (χ4v) is 2.17. The molecule has 0 heterocycles. The van der Waals surface area contributed by atoms with Crippen LogP contribution in [0, 0.1) is 10.1 Å². The van der Waals surface area contributed by atoms with Crippen LogP contribution in [0.5, 0.6) is 11.5 Å². The van der Waals surface area contributed by atoms with Gasteiger partial charge in [0.2, 0.25) is 0 Å². The van der Waals surface area contributed by atoms with Gasteiger partial charge in [0, 0.05) is 12.1 Å². The largest absolute Gasteiger partial charge is 0.497 e. The van der Waals surface area contributed by atoms with Crippen LogP contribution in [0.2, 0.25) is 0 Å². The molecule has 0 unspecified atom stereocenters. The number of esters is 1. The zero-order chi connectivity index (χ0) is 20.0. The lowest BCUT2D eigenvalue weighted by Crippen LogP contribution is -2.30. The first-order chi connectivity index (χ1) is 12.8. The highest BCUT2D eigenvalue weighted by molar-refractivity contribution is 5.98. The molecule has 1 N–H and O–H groups in total. The van der Waals surface area contributed by atoms with Gasteiger partial charge in [-0.05, 0) is 31.2 Å². The molecule has 0 aliphatic heterocycles. The summed E-state index contributed by atoms with van der Waals surface area (Å²) in [6.07, 6.45) is -1.15. The maximum absolute atomic E-state index is 12.3. The summed E-state index contributed by atoms with van der Waals surface area (Å²) in [7, 11) is 2.83. The number of carbonyl (C=O) groups is 2. The van der Waals surface area contributed by atoms with Crippen molar-refractivity contribution in [3.63, 3.8) is 0 Å². The first kappa shape index (κ1) is 19.7. The van der Waals surface area contributed by atoms with Gasteiger partial charge in [-0.2, -0.15) is 0 Å². The smallest absolute Gasteiger partial charge is 0.339 e. The molecule has 1 amide bonds. The molecule has 2 aromatic carbocycles. The minimum atomic E-state index is -1.15. The number of ether oxygens (including phenoxy) is 3. The Morgan fingerprint density at radius 2 is 1.85 bits per heavy atom. The third kappa shape index (κ3) is 4.94. The lowest BCUT2D eigenvalue weighted by Gasteiger charge is -2.15. The van der Waals surface area contributed by atoms with Crippen LogP contribution in [0.15, 0.2) is 42.5 Å². The van der Waals surface area contributed by atoms with Crippen LogP contribution in [0.1, 0.15) is 17.3 Å². The Labute approximate surface area is 155 Å². The third-order valence-corrected chi connectivity index (χ3v) is 3.61. The van der Waals surface area contributed by atoms with Crippen molar-refractivity contribution >= 4 is 23.3 Å². The number of nitro benzene ring substituents is 1. The lowest BCUT2D eigenvalue weighted by molar-refractivity contribution is -0.384. The minimum absolute atomic E-state index is 0.0981. The van der Waals surface area contributed by atoms with Crippen LogP contribution in [0.3, 0.4) is 0 Å². The van der Waals surface area contributed by atoms with Gasteiger partial charge in [0.25, 0.3) is 11.6 Å². The zero-order valence-electron chi connectivity index (χ0n) is 14.9. The molecule has 0 aliphatic carbocycles. The van der Waals surface area contributed by atoms with Crippen LogP contribution in [0.4, 0.5) is 11.4 Å². The van der Waals surface area contributed by atoms with E-state index in [9.17, 15) is 19.7 Å². The van der Waals surface area contributed by atoms with E-state index in [1.54, 1.807) is 12.1 Å². The number of benzene rings is 2. The Morgan fingerprint density at radius 1 is 1.11 bits per heavy atom. The van der Waals surface area contributed by atoms with Crippen molar-refractivity contribution in [1.82, 2.24) is 0 Å². The first-order valence-electron chi connectivity index (χ1n) is 7.84. The van der Waals surface area contributed by atoms with Crippen LogP contribution >= 0.6 is 0 Å². The predicted octanol–water partition coefficient (Wildman–Crippen LogP) is 2.80. The van der Waals surface area contributed by atoms with E-state index in [1.807, 2.05) is 0 Å². The highest BCUT2D eigenvalue weighted by atomic mass is 16.6. The van der Waals surface area contributed by atoms with E-state index in [0.29, 0.717) is 5.75 Å². The Hall–Kier alpha value is -3.62. The maximum atomic E-state index is 12.3. The molecule has 9 heteroatoms. The molecule has 9 nitrogen and oxygen atoms in total. The Kier molecular flexibility index (Phi) is 6.32. The minimum Gasteiger partial charge on any atom is -0.497 e. The van der Waals surface area contributed by atoms with E-state index in [2.05, 4.69) is 5.32 Å². The highest BCUT2D eigenvalue weighted by Crippen LogP contribution is 2.29. The second-order valence-corrected chi connectivity index (χ2v) is 5.41. The van der Waals surface area contributed by atoms with Crippen molar-refractivity contribution in [3.8, 4) is 11.5 Å². The number of nitrogens with one attached hydrogen (secondary N) is 1. The highest BCUT2D eigenvalue weighted by Gasteiger charge is 2.21. The number of hydrogen-bond donors (Lipinski definition) is 1. The van der Waals surface area contributed by atoms with Gasteiger partial charge in [-0.25, -0.2) is 4.79 Å². The number of amides is 1. The van der Waals surface area contributed by atoms with Gasteiger partial charge in [0.05, 0.1) is 30.4 Å². The maximum Gasteiger partial charge on any atom is 0.339 e. The van der Waals surface area contributed by atoms with Crippen LogP contribution in [-0.2, 0) is 9.53 Å². The number of methoxy groups -OCH3 is 2. The Bertz CT molecular complexity index is 867. The molecule has 0 aromatic heterocycles. The third-order valence-electron chi connectivity index (χ3n) is 3.61. The van der Waals surface area contributed by atoms with Crippen molar-refractivity contribution in [2.45, 2.75) is 13.0 Å². The lowest BCUT2D eigenvalue weighted by atomic mass is 10.2. The van der Waals surface area contributed by atoms with Crippen molar-refractivity contribution in [2.24, 2.45) is 0 Å². The summed E-state index contributed by atoms with van der Waals surface area (Å²) in [5.41, 5.74) is 0.107. The molecular weight excluding hydrogens is 356 g/mol. The summed E-state index contributed by atoms with van der Waals surface area (Å²) in [5, 5.41) is 13.4. The molecule has 142 valence electrons. The number of carbonyl (C=O) groups excluding carboxylic acids is 2. The standard InChI is InChI=1S/C18H18N2O7/c1-11(27-18(22)12-5-4-6-14(9-12)25-2)17(21)19-15-10-13(20(23)24)7-8-16(15)26-3/h4-11H,1-3H3,(H,19,21)/t11-/m0/s1. The van der Waals surface area contributed by atoms with E-state index < -0.39 is 22.9 Å². The van der Waals surface area contributed by atoms with Gasteiger partial charge in [-0.15, -0.1) is 0 Å². The molecule has 0 radical (unpaired) electrons. The van der Waals surface area contributed by atoms with Gasteiger partial charge in [-0.3, -0.25) is 14.9 Å². The summed E-state index contributed by atoms with van der Waals surface area (Å²) in [6.45, 7) is 1.39. The average Bonchev–Trinajstić information content (AvgIpc) is 2.67. The van der Waals surface area contributed by atoms with Crippen LogP contribution < -0.4 is 14.8 Å². The first-order valence-corrected chi connectivity index (χ1v) is 7.84. The second-order valence-electron chi connectivity index (χ2n) is 5.41. The molecule has 1 atom stereocenters. The topological polar surface area (TPSA) is 117 Å². The van der Waals surface area contributed by atoms with Crippen molar-refractivity contribution < 1.29 is 28.7 Å². The van der Waals surface area contributed by atoms with E-state index in [4.69, 9.17) is 14.2 Å². The molecule has 0 spiro atoms. The van der Waals surface area contributed by atoms with Crippen LogP contribution in [-0.4, -0.2) is 37.1 Å². The summed E-state index contributed by atoms with van der Waals surface area (Å²) in [5.74, 6) is -0.657. The van der Waals surface area contributed by atoms with E-state index >= 15 is 0 Å². The van der Waals surface area contributed by atoms with Gasteiger partial charge < -0.3 is 19.5 Å². The van der Waals surface area contributed by atoms with Crippen molar-refractivity contribution in [2.75, 3.05) is 19.5 Å². The molecule has 2 rings (SSSR count). The summed E-state index contributed by atoms with van der Waals surface area (Å²) < 4.78 is 15.3. The quantitative estimate of drug-likeness (QED) is 0.450.